The number of sulfonamides is 1. The van der Waals surface area contributed by atoms with Crippen LogP contribution in [0.15, 0.2) is 11.0 Å². The van der Waals surface area contributed by atoms with Crippen molar-refractivity contribution in [3.63, 3.8) is 0 Å². The number of piperidine rings is 1. The molecule has 0 spiro atoms. The molecule has 1 amide bonds. The predicted octanol–water partition coefficient (Wildman–Crippen LogP) is 2.24. The van der Waals surface area contributed by atoms with E-state index in [0.717, 1.165) is 48.2 Å². The average molecular weight is 408 g/mol. The lowest BCUT2D eigenvalue weighted by Gasteiger charge is -2.36. The fraction of sp³-hybridized carbons (Fsp3) is 0.667. The first-order chi connectivity index (χ1) is 13.2. The molecule has 0 N–H and O–H groups in total. The van der Waals surface area contributed by atoms with Crippen LogP contribution in [0.5, 0.6) is 0 Å². The number of carbonyl (C=O) groups excluding carboxylic acids is 1. The average Bonchev–Trinajstić information content (AvgIpc) is 2.67. The molecule has 2 fully saturated rings. The molecule has 2 aliphatic rings. The van der Waals surface area contributed by atoms with Gasteiger partial charge in [0.05, 0.1) is 11.4 Å². The third-order valence-electron chi connectivity index (χ3n) is 6.29. The third-order valence-corrected chi connectivity index (χ3v) is 8.47. The van der Waals surface area contributed by atoms with E-state index in [-0.39, 0.29) is 5.91 Å². The highest BCUT2D eigenvalue weighted by atomic mass is 32.2. The van der Waals surface area contributed by atoms with Gasteiger partial charge < -0.3 is 4.90 Å². The Balaban J connectivity index is 1.67. The first-order valence-corrected chi connectivity index (χ1v) is 11.7. The summed E-state index contributed by atoms with van der Waals surface area (Å²) in [6.45, 7) is 11.9. The topological polar surface area (TPSA) is 60.9 Å². The van der Waals surface area contributed by atoms with Gasteiger partial charge in [-0.1, -0.05) is 6.07 Å². The van der Waals surface area contributed by atoms with Crippen LogP contribution >= 0.6 is 0 Å². The molecule has 0 saturated carbocycles. The molecule has 7 heteroatoms. The molecular weight excluding hydrogens is 374 g/mol. The zero-order valence-electron chi connectivity index (χ0n) is 17.6. The van der Waals surface area contributed by atoms with E-state index in [0.29, 0.717) is 37.6 Å². The zero-order chi connectivity index (χ0) is 20.5. The largest absolute Gasteiger partial charge is 0.342 e. The van der Waals surface area contributed by atoms with E-state index in [2.05, 4.69) is 4.90 Å². The second-order valence-electron chi connectivity index (χ2n) is 8.21. The van der Waals surface area contributed by atoms with Crippen molar-refractivity contribution in [2.75, 3.05) is 45.8 Å². The summed E-state index contributed by atoms with van der Waals surface area (Å²) in [5.41, 5.74) is 3.69. The smallest absolute Gasteiger partial charge is 0.243 e. The molecule has 0 radical (unpaired) electrons. The molecule has 2 heterocycles. The number of benzene rings is 1. The van der Waals surface area contributed by atoms with E-state index in [1.165, 1.54) is 6.42 Å². The summed E-state index contributed by atoms with van der Waals surface area (Å²) in [7, 11) is -3.53. The van der Waals surface area contributed by atoms with Gasteiger partial charge in [0.1, 0.15) is 0 Å². The Hall–Kier alpha value is -1.44. The van der Waals surface area contributed by atoms with Gasteiger partial charge in [-0.15, -0.1) is 0 Å². The first-order valence-electron chi connectivity index (χ1n) is 10.3. The maximum absolute atomic E-state index is 13.3. The van der Waals surface area contributed by atoms with Gasteiger partial charge >= 0.3 is 0 Å². The Morgan fingerprint density at radius 2 is 1.39 bits per heavy atom. The molecule has 0 bridgehead atoms. The van der Waals surface area contributed by atoms with Gasteiger partial charge in [-0.25, -0.2) is 8.42 Å². The van der Waals surface area contributed by atoms with Crippen molar-refractivity contribution < 1.29 is 13.2 Å². The number of aryl methyl sites for hydroxylation is 2. The SMILES string of the molecule is Cc1cc(C)c(C)c(S(=O)(=O)N2CCN(CC(=O)N3CCCCC3)CC2)c1C. The molecule has 0 aliphatic carbocycles. The van der Waals surface area contributed by atoms with Crippen molar-refractivity contribution in [3.05, 3.63) is 28.3 Å². The number of piperazine rings is 1. The summed E-state index contributed by atoms with van der Waals surface area (Å²) >= 11 is 0. The van der Waals surface area contributed by atoms with Crippen molar-refractivity contribution in [1.29, 1.82) is 0 Å². The second kappa shape index (κ2) is 8.51. The summed E-state index contributed by atoms with van der Waals surface area (Å²) in [6, 6.07) is 2.05. The fourth-order valence-corrected chi connectivity index (χ4v) is 6.26. The second-order valence-corrected chi connectivity index (χ2v) is 10.1. The lowest BCUT2D eigenvalue weighted by Crippen LogP contribution is -2.52. The Morgan fingerprint density at radius 3 is 1.93 bits per heavy atom. The van der Waals surface area contributed by atoms with Crippen LogP contribution < -0.4 is 0 Å². The molecule has 0 unspecified atom stereocenters. The number of hydrogen-bond donors (Lipinski definition) is 0. The number of carbonyl (C=O) groups is 1. The number of nitrogens with zero attached hydrogens (tertiary/aromatic N) is 3. The first kappa shape index (κ1) is 21.3. The van der Waals surface area contributed by atoms with Crippen LogP contribution in [0.2, 0.25) is 0 Å². The highest BCUT2D eigenvalue weighted by molar-refractivity contribution is 7.89. The van der Waals surface area contributed by atoms with E-state index in [4.69, 9.17) is 0 Å². The van der Waals surface area contributed by atoms with Crippen molar-refractivity contribution in [2.24, 2.45) is 0 Å². The highest BCUT2D eigenvalue weighted by Gasteiger charge is 2.32. The van der Waals surface area contributed by atoms with E-state index in [1.54, 1.807) is 4.31 Å². The fourth-order valence-electron chi connectivity index (χ4n) is 4.26. The van der Waals surface area contributed by atoms with Crippen LogP contribution in [0.4, 0.5) is 0 Å². The summed E-state index contributed by atoms with van der Waals surface area (Å²) in [5.74, 6) is 0.178. The lowest BCUT2D eigenvalue weighted by atomic mass is 10.0. The predicted molar refractivity (Wildman–Crippen MR) is 111 cm³/mol. The molecule has 28 heavy (non-hydrogen) atoms. The van der Waals surface area contributed by atoms with E-state index in [9.17, 15) is 13.2 Å². The van der Waals surface area contributed by atoms with Crippen molar-refractivity contribution in [2.45, 2.75) is 51.9 Å². The van der Waals surface area contributed by atoms with Crippen LogP contribution in [-0.2, 0) is 14.8 Å². The highest BCUT2D eigenvalue weighted by Crippen LogP contribution is 2.29. The van der Waals surface area contributed by atoms with Crippen molar-refractivity contribution in [3.8, 4) is 0 Å². The Labute approximate surface area is 169 Å². The third kappa shape index (κ3) is 4.26. The molecule has 1 aromatic rings. The van der Waals surface area contributed by atoms with E-state index < -0.39 is 10.0 Å². The number of hydrogen-bond acceptors (Lipinski definition) is 4. The van der Waals surface area contributed by atoms with Gasteiger partial charge in [0.2, 0.25) is 15.9 Å². The maximum atomic E-state index is 13.3. The Kier molecular flexibility index (Phi) is 6.47. The zero-order valence-corrected chi connectivity index (χ0v) is 18.4. The minimum absolute atomic E-state index is 0.178. The molecule has 0 aromatic heterocycles. The standard InChI is InChI=1S/C21H33N3O3S/c1-16-14-17(2)19(4)21(18(16)3)28(26,27)24-12-10-22(11-13-24)15-20(25)23-8-6-5-7-9-23/h14H,5-13,15H2,1-4H3. The molecule has 2 saturated heterocycles. The number of rotatable bonds is 4. The van der Waals surface area contributed by atoms with Gasteiger partial charge in [-0.2, -0.15) is 4.31 Å². The van der Waals surface area contributed by atoms with Crippen LogP contribution in [0.25, 0.3) is 0 Å². The molecule has 0 atom stereocenters. The van der Waals surface area contributed by atoms with Gasteiger partial charge in [-0.3, -0.25) is 9.69 Å². The van der Waals surface area contributed by atoms with Gasteiger partial charge in [0, 0.05) is 39.3 Å². The van der Waals surface area contributed by atoms with Crippen LogP contribution in [0.3, 0.4) is 0 Å². The quantitative estimate of drug-likeness (QED) is 0.768. The lowest BCUT2D eigenvalue weighted by molar-refractivity contribution is -0.133. The Bertz CT molecular complexity index is 811. The van der Waals surface area contributed by atoms with Crippen molar-refractivity contribution in [1.82, 2.24) is 14.1 Å². The van der Waals surface area contributed by atoms with Crippen LogP contribution in [-0.4, -0.2) is 74.2 Å². The minimum Gasteiger partial charge on any atom is -0.342 e. The van der Waals surface area contributed by atoms with Gasteiger partial charge in [-0.05, 0) is 69.2 Å². The summed E-state index contributed by atoms with van der Waals surface area (Å²) in [5, 5.41) is 0. The molecule has 3 rings (SSSR count). The van der Waals surface area contributed by atoms with Crippen LogP contribution in [0.1, 0.15) is 41.5 Å². The van der Waals surface area contributed by atoms with E-state index in [1.807, 2.05) is 38.7 Å². The molecule has 156 valence electrons. The summed E-state index contributed by atoms with van der Waals surface area (Å²) < 4.78 is 28.3. The Morgan fingerprint density at radius 1 is 0.857 bits per heavy atom. The molecule has 2 aliphatic heterocycles. The molecule has 6 nitrogen and oxygen atoms in total. The van der Waals surface area contributed by atoms with E-state index >= 15 is 0 Å². The maximum Gasteiger partial charge on any atom is 0.243 e. The monoisotopic (exact) mass is 407 g/mol. The minimum atomic E-state index is -3.53. The molecular formula is C21H33N3O3S. The molecule has 1 aromatic carbocycles. The normalized spacial score (nSPS) is 19.8. The van der Waals surface area contributed by atoms with Gasteiger partial charge in [0.25, 0.3) is 0 Å². The summed E-state index contributed by atoms with van der Waals surface area (Å²) in [4.78, 5) is 17.0. The van der Waals surface area contributed by atoms with Gasteiger partial charge in [0.15, 0.2) is 0 Å². The summed E-state index contributed by atoms with van der Waals surface area (Å²) in [6.07, 6.45) is 3.39. The number of likely N-dealkylation sites (tertiary alicyclic amines) is 1. The van der Waals surface area contributed by atoms with Crippen molar-refractivity contribution >= 4 is 15.9 Å². The number of amides is 1. The van der Waals surface area contributed by atoms with Crippen LogP contribution in [0, 0.1) is 27.7 Å².